The molecule has 0 aliphatic rings. The Morgan fingerprint density at radius 1 is 0.864 bits per heavy atom. The van der Waals surface area contributed by atoms with Gasteiger partial charge >= 0.3 is 12.1 Å². The molecule has 2 rings (SSSR count). The number of hydrogen-bond acceptors (Lipinski definition) is 6. The van der Waals surface area contributed by atoms with Gasteiger partial charge in [0.25, 0.3) is 0 Å². The van der Waals surface area contributed by atoms with E-state index in [1.54, 1.807) is 39.8 Å². The van der Waals surface area contributed by atoms with Gasteiger partial charge in [0.05, 0.1) is 5.92 Å². The van der Waals surface area contributed by atoms with E-state index in [0.29, 0.717) is 32.2 Å². The molecule has 0 heterocycles. The average molecular weight is 612 g/mol. The van der Waals surface area contributed by atoms with Crippen molar-refractivity contribution in [1.29, 1.82) is 0 Å². The molecule has 2 aromatic carbocycles. The SMILES string of the molecule is Cc1cc(O)cc(C)c1C[C@H](NC(=O)OC(C)(C)C)C(=O)N[C@H](CCCCC(C)C(=O)O)C(=O)NCCCc1ccccc1. The smallest absolute Gasteiger partial charge is 0.408 e. The Morgan fingerprint density at radius 3 is 2.07 bits per heavy atom. The number of phenols is 1. The lowest BCUT2D eigenvalue weighted by Crippen LogP contribution is -2.55. The Morgan fingerprint density at radius 2 is 1.48 bits per heavy atom. The first-order valence-corrected chi connectivity index (χ1v) is 15.3. The van der Waals surface area contributed by atoms with E-state index in [0.717, 1.165) is 35.1 Å². The van der Waals surface area contributed by atoms with Gasteiger partial charge in [-0.1, -0.05) is 50.1 Å². The summed E-state index contributed by atoms with van der Waals surface area (Å²) >= 11 is 0. The van der Waals surface area contributed by atoms with Crippen LogP contribution in [0.25, 0.3) is 0 Å². The number of hydrogen-bond donors (Lipinski definition) is 5. The highest BCUT2D eigenvalue weighted by Gasteiger charge is 2.29. The maximum Gasteiger partial charge on any atom is 0.408 e. The summed E-state index contributed by atoms with van der Waals surface area (Å²) in [6.07, 6.45) is 2.72. The summed E-state index contributed by atoms with van der Waals surface area (Å²) in [4.78, 5) is 51.0. The number of aliphatic carboxylic acids is 1. The number of carbonyl (C=O) groups excluding carboxylic acids is 3. The van der Waals surface area contributed by atoms with Crippen LogP contribution >= 0.6 is 0 Å². The minimum Gasteiger partial charge on any atom is -0.508 e. The van der Waals surface area contributed by atoms with Crippen LogP contribution < -0.4 is 16.0 Å². The van der Waals surface area contributed by atoms with Gasteiger partial charge in [0.15, 0.2) is 0 Å². The van der Waals surface area contributed by atoms with Crippen molar-refractivity contribution in [3.8, 4) is 5.75 Å². The topological polar surface area (TPSA) is 154 Å². The van der Waals surface area contributed by atoms with Crippen LogP contribution in [0, 0.1) is 19.8 Å². The molecule has 3 amide bonds. The van der Waals surface area contributed by atoms with Crippen molar-refractivity contribution in [2.45, 2.75) is 104 Å². The molecule has 44 heavy (non-hydrogen) atoms. The lowest BCUT2D eigenvalue weighted by atomic mass is 9.95. The van der Waals surface area contributed by atoms with Crippen LogP contribution in [0.4, 0.5) is 4.79 Å². The molecule has 242 valence electrons. The molecule has 10 heteroatoms. The fourth-order valence-corrected chi connectivity index (χ4v) is 4.89. The van der Waals surface area contributed by atoms with Crippen molar-refractivity contribution >= 4 is 23.9 Å². The van der Waals surface area contributed by atoms with Crippen molar-refractivity contribution in [2.75, 3.05) is 6.54 Å². The van der Waals surface area contributed by atoms with E-state index < -0.39 is 41.6 Å². The third kappa shape index (κ3) is 13.1. The molecule has 2 aromatic rings. The highest BCUT2D eigenvalue weighted by molar-refractivity contribution is 5.91. The van der Waals surface area contributed by atoms with Gasteiger partial charge in [0.2, 0.25) is 11.8 Å². The van der Waals surface area contributed by atoms with E-state index in [9.17, 15) is 29.4 Å². The summed E-state index contributed by atoms with van der Waals surface area (Å²) < 4.78 is 5.41. The summed E-state index contributed by atoms with van der Waals surface area (Å²) in [5.74, 6) is -2.17. The summed E-state index contributed by atoms with van der Waals surface area (Å²) in [7, 11) is 0. The minimum absolute atomic E-state index is 0.103. The number of amides is 3. The second-order valence-corrected chi connectivity index (χ2v) is 12.4. The molecule has 0 saturated heterocycles. The third-order valence-corrected chi connectivity index (χ3v) is 7.32. The number of rotatable bonds is 16. The highest BCUT2D eigenvalue weighted by atomic mass is 16.6. The van der Waals surface area contributed by atoms with E-state index in [1.807, 2.05) is 44.2 Å². The first-order valence-electron chi connectivity index (χ1n) is 15.3. The number of phenolic OH excluding ortho intramolecular Hbond substituents is 1. The van der Waals surface area contributed by atoms with Crippen LogP contribution in [0.5, 0.6) is 5.75 Å². The first-order chi connectivity index (χ1) is 20.7. The molecule has 0 fully saturated rings. The molecular weight excluding hydrogens is 562 g/mol. The predicted octanol–water partition coefficient (Wildman–Crippen LogP) is 4.96. The van der Waals surface area contributed by atoms with E-state index in [4.69, 9.17) is 4.74 Å². The second-order valence-electron chi connectivity index (χ2n) is 12.4. The number of unbranched alkanes of at least 4 members (excludes halogenated alkanes) is 1. The van der Waals surface area contributed by atoms with Crippen LogP contribution in [0.1, 0.15) is 82.1 Å². The van der Waals surface area contributed by atoms with Crippen molar-refractivity contribution in [2.24, 2.45) is 5.92 Å². The molecule has 0 aromatic heterocycles. The lowest BCUT2D eigenvalue weighted by molar-refractivity contribution is -0.141. The fraction of sp³-hybridized carbons (Fsp3) is 0.529. The van der Waals surface area contributed by atoms with E-state index in [2.05, 4.69) is 16.0 Å². The zero-order valence-electron chi connectivity index (χ0n) is 26.9. The van der Waals surface area contributed by atoms with Gasteiger partial charge in [0.1, 0.15) is 23.4 Å². The quantitative estimate of drug-likeness (QED) is 0.168. The summed E-state index contributed by atoms with van der Waals surface area (Å²) in [6, 6.07) is 11.2. The normalized spacial score (nSPS) is 13.3. The Kier molecular flexibility index (Phi) is 14.2. The zero-order chi connectivity index (χ0) is 32.9. The van der Waals surface area contributed by atoms with E-state index in [-0.39, 0.29) is 18.1 Å². The maximum atomic E-state index is 13.7. The molecule has 1 unspecified atom stereocenters. The van der Waals surface area contributed by atoms with Crippen molar-refractivity contribution < 1.29 is 34.1 Å². The monoisotopic (exact) mass is 611 g/mol. The standard InChI is InChI=1S/C34H49N3O7/c1-22(32(41)42)13-10-11-17-28(30(39)35-18-12-16-25-14-8-7-9-15-25)36-31(40)29(37-33(43)44-34(4,5)6)21-27-23(2)19-26(38)20-24(27)3/h7-9,14-15,19-20,22,28-29,38H,10-13,16-18,21H2,1-6H3,(H,35,39)(H,36,40)(H,37,43)(H,41,42)/t22?,28-,29+/m1/s1. The molecule has 5 N–H and O–H groups in total. The number of aromatic hydroxyl groups is 1. The van der Waals surface area contributed by atoms with E-state index in [1.165, 1.54) is 0 Å². The molecule has 3 atom stereocenters. The highest BCUT2D eigenvalue weighted by Crippen LogP contribution is 2.22. The number of carboxylic acid groups (broad SMARTS) is 1. The van der Waals surface area contributed by atoms with Crippen LogP contribution in [0.2, 0.25) is 0 Å². The number of nitrogens with one attached hydrogen (secondary N) is 3. The van der Waals surface area contributed by atoms with Crippen LogP contribution in [-0.2, 0) is 32.0 Å². The number of aryl methyl sites for hydroxylation is 3. The molecule has 0 aliphatic carbocycles. The van der Waals surface area contributed by atoms with Gasteiger partial charge < -0.3 is 30.9 Å². The number of ether oxygens (including phenoxy) is 1. The molecular formula is C34H49N3O7. The number of alkyl carbamates (subject to hydrolysis) is 1. The Bertz CT molecular complexity index is 1230. The molecule has 0 saturated carbocycles. The van der Waals surface area contributed by atoms with Gasteiger partial charge in [-0.2, -0.15) is 0 Å². The minimum atomic E-state index is -1.06. The van der Waals surface area contributed by atoms with Crippen LogP contribution in [0.3, 0.4) is 0 Å². The van der Waals surface area contributed by atoms with Gasteiger partial charge in [0, 0.05) is 13.0 Å². The van der Waals surface area contributed by atoms with Crippen molar-refractivity contribution in [3.63, 3.8) is 0 Å². The first kappa shape index (κ1) is 36.1. The summed E-state index contributed by atoms with van der Waals surface area (Å²) in [6.45, 7) is 10.9. The van der Waals surface area contributed by atoms with Crippen LogP contribution in [-0.4, -0.2) is 58.3 Å². The number of benzene rings is 2. The average Bonchev–Trinajstić information content (AvgIpc) is 2.93. The van der Waals surface area contributed by atoms with Crippen LogP contribution in [0.15, 0.2) is 42.5 Å². The van der Waals surface area contributed by atoms with Gasteiger partial charge in [-0.05, 0) is 94.7 Å². The zero-order valence-corrected chi connectivity index (χ0v) is 26.9. The number of carboxylic acids is 1. The van der Waals surface area contributed by atoms with Crippen molar-refractivity contribution in [1.82, 2.24) is 16.0 Å². The Labute approximate surface area is 261 Å². The second kappa shape index (κ2) is 17.3. The Hall–Kier alpha value is -4.08. The fourth-order valence-electron chi connectivity index (χ4n) is 4.89. The van der Waals surface area contributed by atoms with Gasteiger partial charge in [-0.25, -0.2) is 4.79 Å². The molecule has 0 aliphatic heterocycles. The lowest BCUT2D eigenvalue weighted by Gasteiger charge is -2.26. The molecule has 10 nitrogen and oxygen atoms in total. The molecule has 0 radical (unpaired) electrons. The largest absolute Gasteiger partial charge is 0.508 e. The molecule has 0 spiro atoms. The third-order valence-electron chi connectivity index (χ3n) is 7.32. The summed E-state index contributed by atoms with van der Waals surface area (Å²) in [5.41, 5.74) is 2.67. The number of carbonyl (C=O) groups is 4. The van der Waals surface area contributed by atoms with Gasteiger partial charge in [-0.3, -0.25) is 14.4 Å². The molecule has 0 bridgehead atoms. The van der Waals surface area contributed by atoms with Gasteiger partial charge in [-0.15, -0.1) is 0 Å². The Balaban J connectivity index is 2.19. The maximum absolute atomic E-state index is 13.7. The predicted molar refractivity (Wildman–Crippen MR) is 169 cm³/mol. The summed E-state index contributed by atoms with van der Waals surface area (Å²) in [5, 5.41) is 27.6. The van der Waals surface area contributed by atoms with Crippen molar-refractivity contribution in [3.05, 3.63) is 64.7 Å². The van der Waals surface area contributed by atoms with E-state index >= 15 is 0 Å².